The number of amides is 1. The van der Waals surface area contributed by atoms with Crippen molar-refractivity contribution in [2.75, 3.05) is 25.0 Å². The number of carbonyl (C=O) groups is 1. The van der Waals surface area contributed by atoms with Crippen molar-refractivity contribution in [2.24, 2.45) is 5.73 Å². The molecule has 3 N–H and O–H groups in total. The number of halogens is 2. The molecule has 1 unspecified atom stereocenters. The van der Waals surface area contributed by atoms with Crippen LogP contribution in [0, 0.1) is 0 Å². The molecule has 2 rings (SSSR count). The fourth-order valence-electron chi connectivity index (χ4n) is 2.51. The van der Waals surface area contributed by atoms with E-state index in [-0.39, 0.29) is 5.91 Å². The Labute approximate surface area is 129 Å². The molecule has 0 bridgehead atoms. The fourth-order valence-corrected chi connectivity index (χ4v) is 2.84. The Kier molecular flexibility index (Phi) is 5.66. The summed E-state index contributed by atoms with van der Waals surface area (Å²) in [5.41, 5.74) is 6.27. The highest BCUT2D eigenvalue weighted by molar-refractivity contribution is 6.35. The SMILES string of the molecule is NCC1CCCN1CCC(=O)Nc1cc(Cl)ccc1Cl. The summed E-state index contributed by atoms with van der Waals surface area (Å²) in [4.78, 5) is 14.2. The van der Waals surface area contributed by atoms with Crippen LogP contribution >= 0.6 is 23.2 Å². The number of rotatable bonds is 5. The van der Waals surface area contributed by atoms with Crippen LogP contribution in [0.25, 0.3) is 0 Å². The van der Waals surface area contributed by atoms with Crippen molar-refractivity contribution in [2.45, 2.75) is 25.3 Å². The van der Waals surface area contributed by atoms with Gasteiger partial charge in [0.25, 0.3) is 0 Å². The monoisotopic (exact) mass is 315 g/mol. The van der Waals surface area contributed by atoms with E-state index in [2.05, 4.69) is 10.2 Å². The summed E-state index contributed by atoms with van der Waals surface area (Å²) in [5.74, 6) is -0.0585. The van der Waals surface area contributed by atoms with Crippen LogP contribution in [0.2, 0.25) is 10.0 Å². The van der Waals surface area contributed by atoms with E-state index in [1.807, 2.05) is 0 Å². The Morgan fingerprint density at radius 3 is 3.00 bits per heavy atom. The number of benzene rings is 1. The molecule has 1 aromatic rings. The molecule has 0 aromatic heterocycles. The third kappa shape index (κ3) is 4.09. The minimum atomic E-state index is -0.0585. The Hall–Kier alpha value is -0.810. The largest absolute Gasteiger partial charge is 0.329 e. The lowest BCUT2D eigenvalue weighted by Crippen LogP contribution is -2.37. The smallest absolute Gasteiger partial charge is 0.225 e. The zero-order chi connectivity index (χ0) is 14.5. The van der Waals surface area contributed by atoms with Crippen molar-refractivity contribution in [1.29, 1.82) is 0 Å². The molecule has 0 aliphatic carbocycles. The lowest BCUT2D eigenvalue weighted by atomic mass is 10.2. The third-order valence-electron chi connectivity index (χ3n) is 3.60. The van der Waals surface area contributed by atoms with Crippen molar-refractivity contribution in [3.05, 3.63) is 28.2 Å². The molecule has 1 aromatic carbocycles. The summed E-state index contributed by atoms with van der Waals surface area (Å²) < 4.78 is 0. The van der Waals surface area contributed by atoms with E-state index in [1.165, 1.54) is 0 Å². The van der Waals surface area contributed by atoms with Crippen LogP contribution in [-0.4, -0.2) is 36.5 Å². The molecule has 0 spiro atoms. The van der Waals surface area contributed by atoms with Gasteiger partial charge >= 0.3 is 0 Å². The number of carbonyl (C=O) groups excluding carboxylic acids is 1. The predicted octanol–water partition coefficient (Wildman–Crippen LogP) is 2.75. The van der Waals surface area contributed by atoms with Crippen LogP contribution in [0.4, 0.5) is 5.69 Å². The van der Waals surface area contributed by atoms with Crippen LogP contribution in [0.15, 0.2) is 18.2 Å². The average molecular weight is 316 g/mol. The zero-order valence-electron chi connectivity index (χ0n) is 11.2. The predicted molar refractivity (Wildman–Crippen MR) is 83.4 cm³/mol. The van der Waals surface area contributed by atoms with E-state index in [0.717, 1.165) is 25.9 Å². The molecule has 20 heavy (non-hydrogen) atoms. The maximum absolute atomic E-state index is 12.0. The second-order valence-electron chi connectivity index (χ2n) is 4.99. The van der Waals surface area contributed by atoms with E-state index < -0.39 is 0 Å². The molecule has 6 heteroatoms. The normalized spacial score (nSPS) is 19.2. The van der Waals surface area contributed by atoms with Crippen molar-refractivity contribution < 1.29 is 4.79 Å². The molecule has 4 nitrogen and oxygen atoms in total. The number of likely N-dealkylation sites (tertiary alicyclic amines) is 1. The highest BCUT2D eigenvalue weighted by Crippen LogP contribution is 2.25. The molecule has 1 fully saturated rings. The quantitative estimate of drug-likeness (QED) is 0.878. The Bertz CT molecular complexity index is 481. The van der Waals surface area contributed by atoms with Gasteiger partial charge in [-0.25, -0.2) is 0 Å². The number of anilines is 1. The molecule has 1 aliphatic heterocycles. The highest BCUT2D eigenvalue weighted by Gasteiger charge is 2.23. The summed E-state index contributed by atoms with van der Waals surface area (Å²) in [6, 6.07) is 5.43. The first-order chi connectivity index (χ1) is 9.60. The van der Waals surface area contributed by atoms with Gasteiger partial charge in [0.2, 0.25) is 5.91 Å². The molecule has 0 saturated carbocycles. The van der Waals surface area contributed by atoms with E-state index in [1.54, 1.807) is 18.2 Å². The van der Waals surface area contributed by atoms with E-state index in [0.29, 0.717) is 34.7 Å². The number of nitrogens with two attached hydrogens (primary N) is 1. The minimum Gasteiger partial charge on any atom is -0.329 e. The maximum Gasteiger partial charge on any atom is 0.225 e. The van der Waals surface area contributed by atoms with Crippen molar-refractivity contribution >= 4 is 34.8 Å². The topological polar surface area (TPSA) is 58.4 Å². The van der Waals surface area contributed by atoms with E-state index in [4.69, 9.17) is 28.9 Å². The summed E-state index contributed by atoms with van der Waals surface area (Å²) in [5, 5.41) is 3.83. The summed E-state index contributed by atoms with van der Waals surface area (Å²) >= 11 is 11.9. The number of hydrogen-bond donors (Lipinski definition) is 2. The molecule has 1 saturated heterocycles. The Balaban J connectivity index is 1.85. The second-order valence-corrected chi connectivity index (χ2v) is 5.83. The number of nitrogens with zero attached hydrogens (tertiary/aromatic N) is 1. The van der Waals surface area contributed by atoms with Crippen LogP contribution in [0.5, 0.6) is 0 Å². The van der Waals surface area contributed by atoms with Gasteiger partial charge in [-0.2, -0.15) is 0 Å². The van der Waals surface area contributed by atoms with Gasteiger partial charge in [-0.3, -0.25) is 9.69 Å². The van der Waals surface area contributed by atoms with Crippen LogP contribution in [0.3, 0.4) is 0 Å². The standard InChI is InChI=1S/C14H19Cl2N3O/c15-10-3-4-12(16)13(8-10)18-14(20)5-7-19-6-1-2-11(19)9-17/h3-4,8,11H,1-2,5-7,9,17H2,(H,18,20). The summed E-state index contributed by atoms with van der Waals surface area (Å²) in [7, 11) is 0. The fraction of sp³-hybridized carbons (Fsp3) is 0.500. The molecular formula is C14H19Cl2N3O. The molecule has 1 amide bonds. The molecule has 110 valence electrons. The van der Waals surface area contributed by atoms with Crippen molar-refractivity contribution in [3.63, 3.8) is 0 Å². The van der Waals surface area contributed by atoms with Gasteiger partial charge in [0.1, 0.15) is 0 Å². The van der Waals surface area contributed by atoms with Gasteiger partial charge < -0.3 is 11.1 Å². The van der Waals surface area contributed by atoms with Gasteiger partial charge in [-0.05, 0) is 37.6 Å². The summed E-state index contributed by atoms with van der Waals surface area (Å²) in [6.45, 7) is 2.40. The molecule has 1 aliphatic rings. The first-order valence-electron chi connectivity index (χ1n) is 6.79. The Morgan fingerprint density at radius 2 is 2.25 bits per heavy atom. The lowest BCUT2D eigenvalue weighted by molar-refractivity contribution is -0.116. The van der Waals surface area contributed by atoms with E-state index >= 15 is 0 Å². The van der Waals surface area contributed by atoms with Gasteiger partial charge in [-0.1, -0.05) is 23.2 Å². The van der Waals surface area contributed by atoms with Gasteiger partial charge in [-0.15, -0.1) is 0 Å². The first kappa shape index (κ1) is 15.6. The third-order valence-corrected chi connectivity index (χ3v) is 4.16. The molecule has 1 heterocycles. The minimum absolute atomic E-state index is 0.0585. The zero-order valence-corrected chi connectivity index (χ0v) is 12.8. The van der Waals surface area contributed by atoms with Gasteiger partial charge in [0, 0.05) is 30.6 Å². The van der Waals surface area contributed by atoms with Gasteiger partial charge in [0.15, 0.2) is 0 Å². The molecule has 1 atom stereocenters. The second kappa shape index (κ2) is 7.27. The van der Waals surface area contributed by atoms with E-state index in [9.17, 15) is 4.79 Å². The van der Waals surface area contributed by atoms with Crippen LogP contribution in [-0.2, 0) is 4.79 Å². The average Bonchev–Trinajstić information content (AvgIpc) is 2.88. The summed E-state index contributed by atoms with van der Waals surface area (Å²) in [6.07, 6.45) is 2.71. The van der Waals surface area contributed by atoms with Crippen LogP contribution < -0.4 is 11.1 Å². The van der Waals surface area contributed by atoms with Crippen molar-refractivity contribution in [1.82, 2.24) is 4.90 Å². The van der Waals surface area contributed by atoms with Gasteiger partial charge in [0.05, 0.1) is 10.7 Å². The molecule has 0 radical (unpaired) electrons. The lowest BCUT2D eigenvalue weighted by Gasteiger charge is -2.22. The number of nitrogens with one attached hydrogen (secondary N) is 1. The Morgan fingerprint density at radius 1 is 1.45 bits per heavy atom. The van der Waals surface area contributed by atoms with Crippen LogP contribution in [0.1, 0.15) is 19.3 Å². The first-order valence-corrected chi connectivity index (χ1v) is 7.55. The number of hydrogen-bond acceptors (Lipinski definition) is 3. The molecular weight excluding hydrogens is 297 g/mol. The maximum atomic E-state index is 12.0. The highest BCUT2D eigenvalue weighted by atomic mass is 35.5. The van der Waals surface area contributed by atoms with Crippen molar-refractivity contribution in [3.8, 4) is 0 Å².